The quantitative estimate of drug-likeness (QED) is 0.437. The molecule has 7 unspecified atom stereocenters. The molecule has 0 aromatic heterocycles. The molecule has 5 rings (SSSR count). The molecule has 0 amide bonds. The van der Waals surface area contributed by atoms with Crippen molar-refractivity contribution in [2.24, 2.45) is 23.7 Å². The van der Waals surface area contributed by atoms with Gasteiger partial charge in [-0.15, -0.1) is 0 Å². The van der Waals surface area contributed by atoms with Crippen molar-refractivity contribution in [2.75, 3.05) is 32.8 Å². The number of morpholine rings is 1. The van der Waals surface area contributed by atoms with Gasteiger partial charge in [-0.25, -0.2) is 0 Å². The Labute approximate surface area is 143 Å². The number of fused-ring (bicyclic) bond motifs is 5. The van der Waals surface area contributed by atoms with E-state index in [2.05, 4.69) is 18.4 Å². The Hall–Kier alpha value is -0.910. The number of epoxide rings is 1. The summed E-state index contributed by atoms with van der Waals surface area (Å²) in [4.78, 5) is 15.0. The van der Waals surface area contributed by atoms with Gasteiger partial charge in [0.15, 0.2) is 0 Å². The van der Waals surface area contributed by atoms with Gasteiger partial charge in [0.1, 0.15) is 6.10 Å². The number of allylic oxidation sites excluding steroid dienone is 1. The molecule has 0 N–H and O–H groups in total. The predicted molar refractivity (Wildman–Crippen MR) is 87.4 cm³/mol. The van der Waals surface area contributed by atoms with Crippen molar-refractivity contribution < 1.29 is 19.0 Å². The van der Waals surface area contributed by atoms with E-state index in [9.17, 15) is 4.79 Å². The molecule has 2 aliphatic carbocycles. The van der Waals surface area contributed by atoms with Crippen LogP contribution in [0.5, 0.6) is 0 Å². The lowest BCUT2D eigenvalue weighted by molar-refractivity contribution is -0.148. The van der Waals surface area contributed by atoms with Crippen LogP contribution in [-0.4, -0.2) is 61.5 Å². The summed E-state index contributed by atoms with van der Waals surface area (Å²) in [6.07, 6.45) is 3.49. The summed E-state index contributed by atoms with van der Waals surface area (Å²) < 4.78 is 17.4. The maximum Gasteiger partial charge on any atom is 0.310 e. The molecule has 0 aromatic rings. The summed E-state index contributed by atoms with van der Waals surface area (Å²) in [5.41, 5.74) is 1.27. The standard InChI is InChI=1S/C19H27NO4/c1-11-3-4-12-14(10-20-5-7-22-8-6-20)18(21)23-17(12)16-13(11)9-15-19(16,2)24-15/h12-17H,1,3-10H2,2H3. The van der Waals surface area contributed by atoms with E-state index in [1.807, 2.05) is 0 Å². The van der Waals surface area contributed by atoms with Crippen molar-refractivity contribution in [1.29, 1.82) is 0 Å². The largest absolute Gasteiger partial charge is 0.461 e. The van der Waals surface area contributed by atoms with Gasteiger partial charge in [0, 0.05) is 31.5 Å². The SMILES string of the molecule is C=C1CCC2C(CN3CCOCC3)C(=O)OC2C2C1CC1OC12C. The van der Waals surface area contributed by atoms with Crippen LogP contribution in [0.3, 0.4) is 0 Å². The molecule has 2 saturated carbocycles. The molecule has 132 valence electrons. The number of hydrogen-bond acceptors (Lipinski definition) is 5. The minimum absolute atomic E-state index is 0.000972. The van der Waals surface area contributed by atoms with Crippen molar-refractivity contribution in [2.45, 2.75) is 44.0 Å². The Kier molecular flexibility index (Phi) is 3.39. The fraction of sp³-hybridized carbons (Fsp3) is 0.842. The molecule has 7 atom stereocenters. The molecule has 3 saturated heterocycles. The third kappa shape index (κ3) is 2.14. The average Bonchev–Trinajstić information content (AvgIpc) is 3.05. The van der Waals surface area contributed by atoms with E-state index >= 15 is 0 Å². The van der Waals surface area contributed by atoms with E-state index in [-0.39, 0.29) is 23.6 Å². The highest BCUT2D eigenvalue weighted by atomic mass is 16.6. The summed E-state index contributed by atoms with van der Waals surface area (Å²) in [6.45, 7) is 10.8. The van der Waals surface area contributed by atoms with Crippen LogP contribution in [0.25, 0.3) is 0 Å². The highest BCUT2D eigenvalue weighted by molar-refractivity contribution is 5.75. The van der Waals surface area contributed by atoms with Crippen molar-refractivity contribution >= 4 is 5.97 Å². The van der Waals surface area contributed by atoms with Crippen LogP contribution in [0.15, 0.2) is 12.2 Å². The van der Waals surface area contributed by atoms with Crippen LogP contribution in [0.2, 0.25) is 0 Å². The topological polar surface area (TPSA) is 51.3 Å². The second-order valence-corrected chi connectivity index (χ2v) is 8.44. The van der Waals surface area contributed by atoms with E-state index in [4.69, 9.17) is 14.2 Å². The van der Waals surface area contributed by atoms with Crippen molar-refractivity contribution in [3.8, 4) is 0 Å². The van der Waals surface area contributed by atoms with Gasteiger partial charge in [0.2, 0.25) is 0 Å². The summed E-state index contributed by atoms with van der Waals surface area (Å²) in [6, 6.07) is 0. The number of carbonyl (C=O) groups is 1. The molecule has 0 bridgehead atoms. The van der Waals surface area contributed by atoms with Crippen molar-refractivity contribution in [3.63, 3.8) is 0 Å². The van der Waals surface area contributed by atoms with Crippen LogP contribution < -0.4 is 0 Å². The second kappa shape index (κ2) is 5.29. The highest BCUT2D eigenvalue weighted by Gasteiger charge is 2.71. The molecular formula is C19H27NO4. The van der Waals surface area contributed by atoms with Crippen LogP contribution >= 0.6 is 0 Å². The first-order valence-corrected chi connectivity index (χ1v) is 9.44. The molecule has 5 fully saturated rings. The zero-order valence-electron chi connectivity index (χ0n) is 14.4. The number of nitrogens with zero attached hydrogens (tertiary/aromatic N) is 1. The van der Waals surface area contributed by atoms with Gasteiger partial charge in [-0.1, -0.05) is 12.2 Å². The smallest absolute Gasteiger partial charge is 0.310 e. The fourth-order valence-corrected chi connectivity index (χ4v) is 5.83. The van der Waals surface area contributed by atoms with Gasteiger partial charge in [0.05, 0.1) is 30.8 Å². The molecule has 0 spiro atoms. The lowest BCUT2D eigenvalue weighted by Gasteiger charge is -2.32. The molecule has 24 heavy (non-hydrogen) atoms. The summed E-state index contributed by atoms with van der Waals surface area (Å²) >= 11 is 0. The van der Waals surface area contributed by atoms with E-state index in [0.717, 1.165) is 52.1 Å². The monoisotopic (exact) mass is 333 g/mol. The van der Waals surface area contributed by atoms with Crippen LogP contribution in [0.1, 0.15) is 26.2 Å². The number of rotatable bonds is 2. The Morgan fingerprint density at radius 3 is 2.92 bits per heavy atom. The van der Waals surface area contributed by atoms with E-state index < -0.39 is 0 Å². The number of carbonyl (C=O) groups excluding carboxylic acids is 1. The first kappa shape index (κ1) is 15.4. The highest BCUT2D eigenvalue weighted by Crippen LogP contribution is 2.63. The van der Waals surface area contributed by atoms with E-state index in [1.54, 1.807) is 0 Å². The predicted octanol–water partition coefficient (Wildman–Crippen LogP) is 1.62. The average molecular weight is 333 g/mol. The summed E-state index contributed by atoms with van der Waals surface area (Å²) in [5, 5.41) is 0. The first-order valence-electron chi connectivity index (χ1n) is 9.44. The summed E-state index contributed by atoms with van der Waals surface area (Å²) in [5.74, 6) is 1.10. The fourth-order valence-electron chi connectivity index (χ4n) is 5.83. The maximum atomic E-state index is 12.7. The molecule has 3 aliphatic heterocycles. The molecular weight excluding hydrogens is 306 g/mol. The lowest BCUT2D eigenvalue weighted by atomic mass is 9.77. The maximum absolute atomic E-state index is 12.7. The van der Waals surface area contributed by atoms with Crippen molar-refractivity contribution in [3.05, 3.63) is 12.2 Å². The molecule has 0 aromatic carbocycles. The van der Waals surface area contributed by atoms with Gasteiger partial charge in [0.25, 0.3) is 0 Å². The zero-order valence-corrected chi connectivity index (χ0v) is 14.4. The van der Waals surface area contributed by atoms with Gasteiger partial charge < -0.3 is 14.2 Å². The number of hydrogen-bond donors (Lipinski definition) is 0. The second-order valence-electron chi connectivity index (χ2n) is 8.44. The first-order chi connectivity index (χ1) is 11.6. The summed E-state index contributed by atoms with van der Waals surface area (Å²) in [7, 11) is 0. The van der Waals surface area contributed by atoms with Gasteiger partial charge in [-0.3, -0.25) is 9.69 Å². The molecule has 3 heterocycles. The Bertz CT molecular complexity index is 572. The number of ether oxygens (including phenoxy) is 3. The molecule has 0 radical (unpaired) electrons. The van der Waals surface area contributed by atoms with Gasteiger partial charge >= 0.3 is 5.97 Å². The van der Waals surface area contributed by atoms with Gasteiger partial charge in [-0.2, -0.15) is 0 Å². The normalized spacial score (nSPS) is 50.7. The zero-order chi connectivity index (χ0) is 16.5. The number of esters is 1. The Balaban J connectivity index is 1.40. The van der Waals surface area contributed by atoms with Crippen LogP contribution in [-0.2, 0) is 19.0 Å². The van der Waals surface area contributed by atoms with Crippen LogP contribution in [0, 0.1) is 23.7 Å². The third-order valence-corrected chi connectivity index (χ3v) is 7.27. The van der Waals surface area contributed by atoms with E-state index in [1.165, 1.54) is 5.57 Å². The molecule has 5 aliphatic rings. The lowest BCUT2D eigenvalue weighted by Crippen LogP contribution is -2.43. The Morgan fingerprint density at radius 2 is 2.12 bits per heavy atom. The van der Waals surface area contributed by atoms with E-state index in [0.29, 0.717) is 23.9 Å². The van der Waals surface area contributed by atoms with Crippen molar-refractivity contribution in [1.82, 2.24) is 4.90 Å². The Morgan fingerprint density at radius 1 is 1.33 bits per heavy atom. The van der Waals surface area contributed by atoms with Crippen LogP contribution in [0.4, 0.5) is 0 Å². The third-order valence-electron chi connectivity index (χ3n) is 7.27. The molecule has 5 nitrogen and oxygen atoms in total. The van der Waals surface area contributed by atoms with Gasteiger partial charge in [-0.05, 0) is 32.1 Å². The minimum atomic E-state index is -0.0883. The minimum Gasteiger partial charge on any atom is -0.461 e. The molecule has 5 heteroatoms.